The van der Waals surface area contributed by atoms with Crippen molar-refractivity contribution >= 4 is 22.5 Å². The molecule has 1 saturated carbocycles. The highest BCUT2D eigenvalue weighted by Gasteiger charge is 2.52. The van der Waals surface area contributed by atoms with Gasteiger partial charge in [-0.3, -0.25) is 4.79 Å². The van der Waals surface area contributed by atoms with Crippen molar-refractivity contribution in [1.82, 2.24) is 4.57 Å². The van der Waals surface area contributed by atoms with Gasteiger partial charge in [-0.15, -0.1) is 8.78 Å². The molecule has 0 bridgehead atoms. The number of aliphatic hydroxyl groups excluding tert-OH is 2. The molecule has 9 heteroatoms. The lowest BCUT2D eigenvalue weighted by atomic mass is 9.92. The molecule has 5 rings (SSSR count). The number of nitrogens with zero attached hydrogens (tertiary/aromatic N) is 1. The summed E-state index contributed by atoms with van der Waals surface area (Å²) in [5.74, 6) is -0.334. The molecule has 2 heterocycles. The number of rotatable bonds is 6. The monoisotopic (exact) mass is 500 g/mol. The number of nitrogens with one attached hydrogen (secondary N) is 1. The Balaban J connectivity index is 1.45. The molecule has 2 aromatic carbocycles. The van der Waals surface area contributed by atoms with Crippen LogP contribution in [0, 0.1) is 6.92 Å². The number of aromatic nitrogens is 1. The molecule has 1 amide bonds. The molecule has 1 aromatic heterocycles. The Labute approximate surface area is 207 Å². The van der Waals surface area contributed by atoms with E-state index >= 15 is 0 Å². The number of aliphatic hydroxyl groups is 2. The average Bonchev–Trinajstić information content (AvgIpc) is 3.41. The molecule has 1 atom stereocenters. The first-order valence-electron chi connectivity index (χ1n) is 12.0. The van der Waals surface area contributed by atoms with Crippen molar-refractivity contribution in [3.05, 3.63) is 53.2 Å². The Kier molecular flexibility index (Phi) is 5.57. The maximum atomic E-state index is 13.4. The van der Waals surface area contributed by atoms with Crippen LogP contribution < -0.4 is 14.8 Å². The normalized spacial score (nSPS) is 18.3. The number of carbonyl (C=O) groups excluding carboxylic acids is 1. The van der Waals surface area contributed by atoms with E-state index in [0.717, 1.165) is 22.2 Å². The quantitative estimate of drug-likeness (QED) is 0.460. The summed E-state index contributed by atoms with van der Waals surface area (Å²) in [6.07, 6.45) is -3.40. The van der Waals surface area contributed by atoms with Crippen molar-refractivity contribution < 1.29 is 33.3 Å². The summed E-state index contributed by atoms with van der Waals surface area (Å²) in [7, 11) is 0. The van der Waals surface area contributed by atoms with Crippen LogP contribution >= 0.6 is 0 Å². The van der Waals surface area contributed by atoms with Crippen molar-refractivity contribution in [2.75, 3.05) is 11.9 Å². The zero-order valence-corrected chi connectivity index (χ0v) is 20.7. The average molecular weight is 501 g/mol. The summed E-state index contributed by atoms with van der Waals surface area (Å²) in [4.78, 5) is 13.4. The Morgan fingerprint density at radius 3 is 2.47 bits per heavy atom. The van der Waals surface area contributed by atoms with Crippen LogP contribution in [-0.4, -0.2) is 39.7 Å². The van der Waals surface area contributed by atoms with Crippen LogP contribution in [0.25, 0.3) is 10.9 Å². The van der Waals surface area contributed by atoms with Gasteiger partial charge in [0.2, 0.25) is 5.91 Å². The van der Waals surface area contributed by atoms with E-state index in [4.69, 9.17) is 0 Å². The minimum atomic E-state index is -3.71. The lowest BCUT2D eigenvalue weighted by molar-refractivity contribution is -0.286. The third kappa shape index (κ3) is 4.20. The Bertz CT molecular complexity index is 1350. The van der Waals surface area contributed by atoms with Gasteiger partial charge in [0, 0.05) is 22.2 Å². The lowest BCUT2D eigenvalue weighted by Crippen LogP contribution is -2.28. The van der Waals surface area contributed by atoms with Crippen LogP contribution in [0.2, 0.25) is 0 Å². The molecule has 3 aromatic rings. The summed E-state index contributed by atoms with van der Waals surface area (Å²) >= 11 is 0. The van der Waals surface area contributed by atoms with Gasteiger partial charge in [-0.25, -0.2) is 0 Å². The van der Waals surface area contributed by atoms with Crippen molar-refractivity contribution in [3.8, 4) is 11.5 Å². The van der Waals surface area contributed by atoms with Crippen molar-refractivity contribution in [1.29, 1.82) is 0 Å². The fraction of sp³-hybridized carbons (Fsp3) is 0.444. The van der Waals surface area contributed by atoms with Crippen LogP contribution in [0.3, 0.4) is 0 Å². The number of hydrogen-bond acceptors (Lipinski definition) is 5. The van der Waals surface area contributed by atoms with Crippen molar-refractivity contribution in [2.24, 2.45) is 0 Å². The summed E-state index contributed by atoms with van der Waals surface area (Å²) in [5, 5.41) is 23.5. The Hall–Kier alpha value is -3.17. The molecular weight excluding hydrogens is 470 g/mol. The summed E-state index contributed by atoms with van der Waals surface area (Å²) in [6.45, 7) is 8.11. The van der Waals surface area contributed by atoms with Crippen LogP contribution in [-0.2, 0) is 22.2 Å². The van der Waals surface area contributed by atoms with Gasteiger partial charge in [-0.2, -0.15) is 0 Å². The van der Waals surface area contributed by atoms with Gasteiger partial charge in [-0.1, -0.05) is 26.8 Å². The van der Waals surface area contributed by atoms with E-state index in [0.29, 0.717) is 24.1 Å². The standard InChI is InChI=1S/C27H30F2N2O5/c1-15-9-18(10-16-11-22(25(2,3)4)31(23(15)16)13-19(33)14-32)30-24(34)26(7-8-26)17-5-6-20-21(12-17)36-27(28,29)35-20/h5-6,9-12,19,32-33H,7-8,13-14H2,1-4H3,(H,30,34)/t19-/m1/s1. The second-order valence-electron chi connectivity index (χ2n) is 10.8. The van der Waals surface area contributed by atoms with Crippen LogP contribution in [0.4, 0.5) is 14.5 Å². The van der Waals surface area contributed by atoms with E-state index in [1.165, 1.54) is 12.1 Å². The smallest absolute Gasteiger partial charge is 0.395 e. The molecule has 3 N–H and O–H groups in total. The number of carbonyl (C=O) groups is 1. The molecule has 192 valence electrons. The fourth-order valence-corrected chi connectivity index (χ4v) is 5.05. The highest BCUT2D eigenvalue weighted by Crippen LogP contribution is 2.52. The third-order valence-corrected chi connectivity index (χ3v) is 6.95. The first kappa shape index (κ1) is 24.5. The molecule has 7 nitrogen and oxygen atoms in total. The Morgan fingerprint density at radius 1 is 1.14 bits per heavy atom. The molecule has 1 aliphatic carbocycles. The van der Waals surface area contributed by atoms with E-state index in [1.807, 2.05) is 29.7 Å². The second-order valence-corrected chi connectivity index (χ2v) is 10.8. The molecular formula is C27H30F2N2O5. The van der Waals surface area contributed by atoms with Crippen LogP contribution in [0.1, 0.15) is 50.4 Å². The molecule has 0 saturated heterocycles. The zero-order valence-electron chi connectivity index (χ0n) is 20.7. The van der Waals surface area contributed by atoms with Gasteiger partial charge >= 0.3 is 6.29 Å². The number of halogens is 2. The molecule has 1 aliphatic heterocycles. The van der Waals surface area contributed by atoms with Crippen molar-refractivity contribution in [3.63, 3.8) is 0 Å². The van der Waals surface area contributed by atoms with E-state index in [9.17, 15) is 23.8 Å². The molecule has 1 fully saturated rings. The molecule has 2 aliphatic rings. The molecule has 0 spiro atoms. The van der Waals surface area contributed by atoms with Gasteiger partial charge in [0.05, 0.1) is 30.2 Å². The first-order chi connectivity index (χ1) is 16.8. The minimum absolute atomic E-state index is 0.0495. The predicted molar refractivity (Wildman–Crippen MR) is 131 cm³/mol. The summed E-state index contributed by atoms with van der Waals surface area (Å²) < 4.78 is 37.9. The fourth-order valence-electron chi connectivity index (χ4n) is 5.05. The number of anilines is 1. The largest absolute Gasteiger partial charge is 0.586 e. The molecule has 0 radical (unpaired) electrons. The van der Waals surface area contributed by atoms with Gasteiger partial charge in [0.15, 0.2) is 11.5 Å². The van der Waals surface area contributed by atoms with Crippen LogP contribution in [0.5, 0.6) is 11.5 Å². The van der Waals surface area contributed by atoms with E-state index in [2.05, 4.69) is 35.6 Å². The first-order valence-corrected chi connectivity index (χ1v) is 12.0. The zero-order chi connectivity index (χ0) is 26.0. The second kappa shape index (κ2) is 8.18. The number of amides is 1. The summed E-state index contributed by atoms with van der Waals surface area (Å²) in [6, 6.07) is 10.3. The van der Waals surface area contributed by atoms with E-state index in [-0.39, 0.29) is 36.0 Å². The number of alkyl halides is 2. The number of hydrogen-bond donors (Lipinski definition) is 3. The van der Waals surface area contributed by atoms with Gasteiger partial charge in [0.1, 0.15) is 0 Å². The molecule has 0 unspecified atom stereocenters. The third-order valence-electron chi connectivity index (χ3n) is 6.95. The van der Waals surface area contributed by atoms with E-state index in [1.54, 1.807) is 6.07 Å². The van der Waals surface area contributed by atoms with Crippen molar-refractivity contribution in [2.45, 2.75) is 70.3 Å². The highest BCUT2D eigenvalue weighted by molar-refractivity contribution is 6.03. The maximum absolute atomic E-state index is 13.4. The lowest BCUT2D eigenvalue weighted by Gasteiger charge is -2.24. The van der Waals surface area contributed by atoms with Gasteiger partial charge < -0.3 is 29.6 Å². The van der Waals surface area contributed by atoms with Gasteiger partial charge in [-0.05, 0) is 61.2 Å². The maximum Gasteiger partial charge on any atom is 0.586 e. The number of benzene rings is 2. The minimum Gasteiger partial charge on any atom is -0.395 e. The SMILES string of the molecule is Cc1cc(NC(=O)C2(c3ccc4c(c3)OC(F)(F)O4)CC2)cc2cc(C(C)(C)C)n(C[C@@H](O)CO)c12. The molecule has 36 heavy (non-hydrogen) atoms. The predicted octanol–water partition coefficient (Wildman–Crippen LogP) is 4.59. The Morgan fingerprint density at radius 2 is 1.83 bits per heavy atom. The number of aryl methyl sites for hydroxylation is 1. The summed E-state index contributed by atoms with van der Waals surface area (Å²) in [5.41, 5.74) is 3.07. The van der Waals surface area contributed by atoms with Gasteiger partial charge in [0.25, 0.3) is 0 Å². The highest BCUT2D eigenvalue weighted by atomic mass is 19.3. The number of fused-ring (bicyclic) bond motifs is 2. The number of ether oxygens (including phenoxy) is 2. The van der Waals surface area contributed by atoms with E-state index < -0.39 is 17.8 Å². The van der Waals surface area contributed by atoms with Crippen LogP contribution in [0.15, 0.2) is 36.4 Å². The topological polar surface area (TPSA) is 93.0 Å².